The quantitative estimate of drug-likeness (QED) is 0.707. The third-order valence-corrected chi connectivity index (χ3v) is 4.44. The van der Waals surface area contributed by atoms with E-state index in [1.165, 1.54) is 11.6 Å². The van der Waals surface area contributed by atoms with Gasteiger partial charge in [0.15, 0.2) is 11.5 Å². The largest absolute Gasteiger partial charge is 0.354 e. The van der Waals surface area contributed by atoms with E-state index < -0.39 is 6.04 Å². The normalized spacial score (nSPS) is 16.3. The Morgan fingerprint density at radius 2 is 1.89 bits per heavy atom. The summed E-state index contributed by atoms with van der Waals surface area (Å²) in [6.07, 6.45) is 8.06. The summed E-state index contributed by atoms with van der Waals surface area (Å²) in [4.78, 5) is 20.4. The molecule has 4 rings (SSSR count). The van der Waals surface area contributed by atoms with Gasteiger partial charge in [-0.25, -0.2) is 4.98 Å². The van der Waals surface area contributed by atoms with E-state index >= 15 is 0 Å². The molecule has 140 valence electrons. The first-order valence-electron chi connectivity index (χ1n) is 8.87. The summed E-state index contributed by atoms with van der Waals surface area (Å²) < 4.78 is 5.48. The van der Waals surface area contributed by atoms with Crippen molar-refractivity contribution < 1.29 is 9.32 Å². The van der Waals surface area contributed by atoms with Gasteiger partial charge in [0, 0.05) is 18.2 Å². The molecule has 0 saturated heterocycles. The van der Waals surface area contributed by atoms with E-state index in [2.05, 4.69) is 20.4 Å². The summed E-state index contributed by atoms with van der Waals surface area (Å²) in [5.41, 5.74) is 10.6. The van der Waals surface area contributed by atoms with E-state index in [0.29, 0.717) is 17.1 Å². The summed E-state index contributed by atoms with van der Waals surface area (Å²) in [5.74, 6) is 0.387. The monoisotopic (exact) mass is 373 g/mol. The van der Waals surface area contributed by atoms with Crippen LogP contribution in [0.15, 0.2) is 65.5 Å². The van der Waals surface area contributed by atoms with Crippen molar-refractivity contribution in [3.05, 3.63) is 72.2 Å². The van der Waals surface area contributed by atoms with E-state index in [1.54, 1.807) is 24.5 Å². The number of carbonyl (C=O) groups is 1. The van der Waals surface area contributed by atoms with Gasteiger partial charge in [-0.15, -0.1) is 0 Å². The van der Waals surface area contributed by atoms with Crippen molar-refractivity contribution >= 4 is 11.4 Å². The van der Waals surface area contributed by atoms with Crippen molar-refractivity contribution in [3.63, 3.8) is 0 Å². The fraction of sp³-hybridized carbons (Fsp3) is 0.143. The molecule has 1 atom stereocenters. The van der Waals surface area contributed by atoms with Crippen molar-refractivity contribution in [2.24, 2.45) is 5.73 Å². The maximum atomic E-state index is 11.5. The molecule has 3 N–H and O–H groups in total. The number of aromatic nitrogens is 3. The number of nitrogens with one attached hydrogen (secondary N) is 1. The summed E-state index contributed by atoms with van der Waals surface area (Å²) in [7, 11) is 1.91. The topological polar surface area (TPSA) is 107 Å². The van der Waals surface area contributed by atoms with Crippen LogP contribution in [0.3, 0.4) is 0 Å². The van der Waals surface area contributed by atoms with Crippen molar-refractivity contribution in [1.29, 1.82) is 0 Å². The van der Waals surface area contributed by atoms with Crippen molar-refractivity contribution in [2.75, 3.05) is 7.05 Å². The van der Waals surface area contributed by atoms with Gasteiger partial charge in [-0.1, -0.05) is 35.5 Å². The molecule has 0 saturated carbocycles. The predicted octanol–water partition coefficient (Wildman–Crippen LogP) is 2.37. The molecule has 1 aliphatic rings. The standard InChI is InChI=1S/C21H19N5O2/c1-23-10-13-2-4-14(5-3-13)17-9-21(28-26-17)19-12-24-11-18(25-19)15-6-7-20(27)16(22)8-15/h2-9,11-12,16,23H,10,22H2,1H3. The number of hydrogen-bond acceptors (Lipinski definition) is 7. The van der Waals surface area contributed by atoms with E-state index in [1.807, 2.05) is 37.4 Å². The molecule has 2 heterocycles. The Labute approximate surface area is 162 Å². The third kappa shape index (κ3) is 3.66. The average Bonchev–Trinajstić information content (AvgIpc) is 3.21. The highest BCUT2D eigenvalue weighted by Gasteiger charge is 2.16. The third-order valence-electron chi connectivity index (χ3n) is 4.44. The summed E-state index contributed by atoms with van der Waals surface area (Å²) >= 11 is 0. The van der Waals surface area contributed by atoms with Gasteiger partial charge in [-0.3, -0.25) is 9.78 Å². The lowest BCUT2D eigenvalue weighted by atomic mass is 10.0. The number of rotatable bonds is 5. The van der Waals surface area contributed by atoms with Gasteiger partial charge in [-0.05, 0) is 30.3 Å². The van der Waals surface area contributed by atoms with Crippen LogP contribution in [0.25, 0.3) is 28.3 Å². The Balaban J connectivity index is 1.60. The molecule has 1 aliphatic carbocycles. The Hall–Kier alpha value is -3.42. The molecular formula is C21H19N5O2. The Kier molecular flexibility index (Phi) is 4.92. The predicted molar refractivity (Wildman–Crippen MR) is 106 cm³/mol. The van der Waals surface area contributed by atoms with Gasteiger partial charge in [-0.2, -0.15) is 0 Å². The summed E-state index contributed by atoms with van der Waals surface area (Å²) in [6.45, 7) is 0.812. The number of carbonyl (C=O) groups excluding carboxylic acids is 1. The minimum absolute atomic E-state index is 0.131. The maximum absolute atomic E-state index is 11.5. The molecule has 2 aromatic heterocycles. The number of ketones is 1. The van der Waals surface area contributed by atoms with Gasteiger partial charge >= 0.3 is 0 Å². The number of hydrogen-bond donors (Lipinski definition) is 2. The second kappa shape index (κ2) is 7.67. The molecular weight excluding hydrogens is 354 g/mol. The Morgan fingerprint density at radius 3 is 2.64 bits per heavy atom. The van der Waals surface area contributed by atoms with Crippen LogP contribution >= 0.6 is 0 Å². The lowest BCUT2D eigenvalue weighted by molar-refractivity contribution is -0.114. The Morgan fingerprint density at radius 1 is 1.11 bits per heavy atom. The zero-order valence-corrected chi connectivity index (χ0v) is 15.3. The molecule has 0 radical (unpaired) electrons. The molecule has 0 aliphatic heterocycles. The van der Waals surface area contributed by atoms with Crippen LogP contribution in [0.5, 0.6) is 0 Å². The van der Waals surface area contributed by atoms with Crippen LogP contribution in [0.2, 0.25) is 0 Å². The fourth-order valence-corrected chi connectivity index (χ4v) is 2.94. The zero-order chi connectivity index (χ0) is 19.5. The van der Waals surface area contributed by atoms with Gasteiger partial charge in [0.1, 0.15) is 11.4 Å². The van der Waals surface area contributed by atoms with Gasteiger partial charge in [0.2, 0.25) is 0 Å². The van der Waals surface area contributed by atoms with Crippen LogP contribution in [0.1, 0.15) is 11.3 Å². The molecule has 0 amide bonds. The van der Waals surface area contributed by atoms with E-state index in [0.717, 1.165) is 23.4 Å². The molecule has 7 heteroatoms. The molecule has 7 nitrogen and oxygen atoms in total. The highest BCUT2D eigenvalue weighted by molar-refractivity contribution is 6.01. The highest BCUT2D eigenvalue weighted by Crippen LogP contribution is 2.26. The summed E-state index contributed by atoms with van der Waals surface area (Å²) in [5, 5.41) is 7.27. The maximum Gasteiger partial charge on any atom is 0.187 e. The molecule has 1 aromatic carbocycles. The zero-order valence-electron chi connectivity index (χ0n) is 15.3. The van der Waals surface area contributed by atoms with Crippen molar-refractivity contribution in [2.45, 2.75) is 12.6 Å². The first-order chi connectivity index (χ1) is 13.6. The van der Waals surface area contributed by atoms with Crippen LogP contribution in [-0.4, -0.2) is 34.0 Å². The van der Waals surface area contributed by atoms with Crippen LogP contribution < -0.4 is 11.1 Å². The number of benzene rings is 1. The number of nitrogens with zero attached hydrogens (tertiary/aromatic N) is 3. The number of allylic oxidation sites excluding steroid dienone is 2. The molecule has 28 heavy (non-hydrogen) atoms. The first-order valence-corrected chi connectivity index (χ1v) is 8.87. The second-order valence-electron chi connectivity index (χ2n) is 6.48. The lowest BCUT2D eigenvalue weighted by Gasteiger charge is -2.11. The van der Waals surface area contributed by atoms with E-state index in [4.69, 9.17) is 10.3 Å². The fourth-order valence-electron chi connectivity index (χ4n) is 2.94. The minimum Gasteiger partial charge on any atom is -0.354 e. The first kappa shape index (κ1) is 18.0. The van der Waals surface area contributed by atoms with E-state index in [9.17, 15) is 4.79 Å². The number of nitrogens with two attached hydrogens (primary N) is 1. The smallest absolute Gasteiger partial charge is 0.187 e. The minimum atomic E-state index is -0.659. The Bertz CT molecular complexity index is 1070. The van der Waals surface area contributed by atoms with E-state index in [-0.39, 0.29) is 5.78 Å². The highest BCUT2D eigenvalue weighted by atomic mass is 16.5. The van der Waals surface area contributed by atoms with Gasteiger partial charge in [0.25, 0.3) is 0 Å². The lowest BCUT2D eigenvalue weighted by Crippen LogP contribution is -2.28. The van der Waals surface area contributed by atoms with Gasteiger partial charge in [0.05, 0.1) is 24.1 Å². The average molecular weight is 373 g/mol. The van der Waals surface area contributed by atoms with Crippen LogP contribution in [-0.2, 0) is 11.3 Å². The second-order valence-corrected chi connectivity index (χ2v) is 6.48. The molecule has 1 unspecified atom stereocenters. The van der Waals surface area contributed by atoms with Crippen molar-refractivity contribution in [1.82, 2.24) is 20.4 Å². The molecule has 3 aromatic rings. The molecule has 0 bridgehead atoms. The van der Waals surface area contributed by atoms with Crippen molar-refractivity contribution in [3.8, 4) is 22.7 Å². The SMILES string of the molecule is CNCc1ccc(-c2cc(-c3cncc(C4=CC(N)C(=O)C=C4)n3)on2)cc1. The molecule has 0 fully saturated rings. The van der Waals surface area contributed by atoms with Crippen LogP contribution in [0.4, 0.5) is 0 Å². The molecule has 0 spiro atoms. The van der Waals surface area contributed by atoms with Gasteiger partial charge < -0.3 is 15.6 Å². The summed E-state index contributed by atoms with van der Waals surface area (Å²) in [6, 6.07) is 9.29. The van der Waals surface area contributed by atoms with Crippen LogP contribution in [0, 0.1) is 0 Å².